The molecule has 122 valence electrons. The van der Waals surface area contributed by atoms with Crippen LogP contribution < -0.4 is 10.6 Å². The number of hydrogen-bond donors (Lipinski definition) is 2. The Morgan fingerprint density at radius 2 is 1.91 bits per heavy atom. The van der Waals surface area contributed by atoms with Crippen LogP contribution in [0.3, 0.4) is 0 Å². The Labute approximate surface area is 133 Å². The molecule has 0 heterocycles. The predicted molar refractivity (Wildman–Crippen MR) is 89.6 cm³/mol. The average Bonchev–Trinajstić information content (AvgIpc) is 2.42. The van der Waals surface area contributed by atoms with Crippen molar-refractivity contribution in [3.63, 3.8) is 0 Å². The maximum absolute atomic E-state index is 11.9. The van der Waals surface area contributed by atoms with E-state index in [9.17, 15) is 9.59 Å². The van der Waals surface area contributed by atoms with Crippen LogP contribution in [-0.2, 0) is 16.1 Å². The van der Waals surface area contributed by atoms with Gasteiger partial charge in [-0.05, 0) is 44.6 Å². The summed E-state index contributed by atoms with van der Waals surface area (Å²) in [4.78, 5) is 24.7. The molecule has 0 saturated heterocycles. The zero-order chi connectivity index (χ0) is 16.4. The van der Waals surface area contributed by atoms with E-state index in [0.29, 0.717) is 13.0 Å². The lowest BCUT2D eigenvalue weighted by molar-refractivity contribution is -0.119. The molecule has 0 spiro atoms. The van der Waals surface area contributed by atoms with Crippen molar-refractivity contribution in [2.75, 3.05) is 26.0 Å². The first-order chi connectivity index (χ1) is 10.5. The summed E-state index contributed by atoms with van der Waals surface area (Å²) in [5.41, 5.74) is 2.03. The lowest BCUT2D eigenvalue weighted by Crippen LogP contribution is -2.20. The molecule has 0 unspecified atom stereocenters. The minimum absolute atomic E-state index is 0.00431. The van der Waals surface area contributed by atoms with Crippen molar-refractivity contribution in [3.8, 4) is 0 Å². The minimum atomic E-state index is -0.00431. The van der Waals surface area contributed by atoms with E-state index in [1.807, 2.05) is 32.3 Å². The minimum Gasteiger partial charge on any atom is -0.356 e. The normalized spacial score (nSPS) is 10.5. The highest BCUT2D eigenvalue weighted by Crippen LogP contribution is 2.12. The smallest absolute Gasteiger partial charge is 0.224 e. The standard InChI is InChI=1S/C17H27N3O2/c1-14(21)18-11-6-4-5-10-17(22)19-16-9-7-8-15(12-16)13-20(2)3/h7-9,12H,4-6,10-11,13H2,1-3H3,(H,18,21)(H,19,22). The molecule has 1 aromatic rings. The Balaban J connectivity index is 2.25. The van der Waals surface area contributed by atoms with E-state index in [1.54, 1.807) is 0 Å². The second kappa shape index (κ2) is 9.95. The number of hydrogen-bond acceptors (Lipinski definition) is 3. The zero-order valence-corrected chi connectivity index (χ0v) is 13.8. The number of rotatable bonds is 9. The summed E-state index contributed by atoms with van der Waals surface area (Å²) in [6.45, 7) is 3.05. The molecule has 2 amide bonds. The first-order valence-corrected chi connectivity index (χ1v) is 7.75. The largest absolute Gasteiger partial charge is 0.356 e. The fourth-order valence-corrected chi connectivity index (χ4v) is 2.19. The van der Waals surface area contributed by atoms with Crippen LogP contribution in [0.5, 0.6) is 0 Å². The lowest BCUT2D eigenvalue weighted by atomic mass is 10.1. The molecule has 0 aromatic heterocycles. The van der Waals surface area contributed by atoms with Crippen LogP contribution in [0.25, 0.3) is 0 Å². The third-order valence-corrected chi connectivity index (χ3v) is 3.16. The van der Waals surface area contributed by atoms with Crippen LogP contribution in [0.2, 0.25) is 0 Å². The fourth-order valence-electron chi connectivity index (χ4n) is 2.19. The van der Waals surface area contributed by atoms with Gasteiger partial charge in [-0.1, -0.05) is 18.6 Å². The van der Waals surface area contributed by atoms with Crippen molar-refractivity contribution in [2.24, 2.45) is 0 Å². The van der Waals surface area contributed by atoms with Crippen molar-refractivity contribution < 1.29 is 9.59 Å². The number of unbranched alkanes of at least 4 members (excludes halogenated alkanes) is 2. The zero-order valence-electron chi connectivity index (χ0n) is 13.8. The van der Waals surface area contributed by atoms with Crippen LogP contribution in [0.15, 0.2) is 24.3 Å². The van der Waals surface area contributed by atoms with Gasteiger partial charge in [-0.3, -0.25) is 9.59 Å². The number of benzene rings is 1. The molecule has 22 heavy (non-hydrogen) atoms. The second-order valence-electron chi connectivity index (χ2n) is 5.78. The predicted octanol–water partition coefficient (Wildman–Crippen LogP) is 2.38. The molecule has 0 saturated carbocycles. The molecule has 1 rings (SSSR count). The Hall–Kier alpha value is -1.88. The summed E-state index contributed by atoms with van der Waals surface area (Å²) in [5, 5.41) is 5.69. The number of amides is 2. The van der Waals surface area contributed by atoms with E-state index in [1.165, 1.54) is 12.5 Å². The average molecular weight is 305 g/mol. The topological polar surface area (TPSA) is 61.4 Å². The molecule has 1 aromatic carbocycles. The second-order valence-corrected chi connectivity index (χ2v) is 5.78. The molecule has 5 heteroatoms. The van der Waals surface area contributed by atoms with E-state index in [2.05, 4.69) is 21.6 Å². The molecule has 0 aliphatic carbocycles. The summed E-state index contributed by atoms with van der Waals surface area (Å²) >= 11 is 0. The Bertz CT molecular complexity index is 487. The summed E-state index contributed by atoms with van der Waals surface area (Å²) < 4.78 is 0. The number of nitrogens with zero attached hydrogens (tertiary/aromatic N) is 1. The first-order valence-electron chi connectivity index (χ1n) is 7.75. The molecule has 0 aliphatic rings. The van der Waals surface area contributed by atoms with Gasteiger partial charge in [0.15, 0.2) is 0 Å². The molecule has 2 N–H and O–H groups in total. The summed E-state index contributed by atoms with van der Waals surface area (Å²) in [7, 11) is 4.04. The maximum Gasteiger partial charge on any atom is 0.224 e. The molecular formula is C17H27N3O2. The van der Waals surface area contributed by atoms with Gasteiger partial charge < -0.3 is 15.5 Å². The molecule has 0 bridgehead atoms. The molecule has 0 radical (unpaired) electrons. The maximum atomic E-state index is 11.9. The summed E-state index contributed by atoms with van der Waals surface area (Å²) in [6.07, 6.45) is 3.19. The fraction of sp³-hybridized carbons (Fsp3) is 0.529. The van der Waals surface area contributed by atoms with Crippen molar-refractivity contribution >= 4 is 17.5 Å². The van der Waals surface area contributed by atoms with Gasteiger partial charge in [0.25, 0.3) is 0 Å². The number of anilines is 1. The monoisotopic (exact) mass is 305 g/mol. The quantitative estimate of drug-likeness (QED) is 0.689. The van der Waals surface area contributed by atoms with Crippen LogP contribution >= 0.6 is 0 Å². The van der Waals surface area contributed by atoms with E-state index < -0.39 is 0 Å². The molecule has 0 atom stereocenters. The Morgan fingerprint density at radius 1 is 1.14 bits per heavy atom. The van der Waals surface area contributed by atoms with Crippen LogP contribution in [-0.4, -0.2) is 37.4 Å². The van der Waals surface area contributed by atoms with Gasteiger partial charge in [0, 0.05) is 32.1 Å². The highest BCUT2D eigenvalue weighted by Gasteiger charge is 2.03. The molecule has 5 nitrogen and oxygen atoms in total. The van der Waals surface area contributed by atoms with Gasteiger partial charge in [-0.25, -0.2) is 0 Å². The van der Waals surface area contributed by atoms with Gasteiger partial charge in [-0.15, -0.1) is 0 Å². The highest BCUT2D eigenvalue weighted by atomic mass is 16.2. The van der Waals surface area contributed by atoms with Crippen molar-refractivity contribution in [3.05, 3.63) is 29.8 Å². The van der Waals surface area contributed by atoms with Crippen molar-refractivity contribution in [1.29, 1.82) is 0 Å². The van der Waals surface area contributed by atoms with Crippen LogP contribution in [0, 0.1) is 0 Å². The molecule has 0 aliphatic heterocycles. The highest BCUT2D eigenvalue weighted by molar-refractivity contribution is 5.90. The third-order valence-electron chi connectivity index (χ3n) is 3.16. The number of carbonyl (C=O) groups is 2. The van der Waals surface area contributed by atoms with Gasteiger partial charge in [0.1, 0.15) is 0 Å². The number of carbonyl (C=O) groups excluding carboxylic acids is 2. The Kier molecular flexibility index (Phi) is 8.22. The lowest BCUT2D eigenvalue weighted by Gasteiger charge is -2.11. The van der Waals surface area contributed by atoms with E-state index in [4.69, 9.17) is 0 Å². The SMILES string of the molecule is CC(=O)NCCCCCC(=O)Nc1cccc(CN(C)C)c1. The van der Waals surface area contributed by atoms with Gasteiger partial charge in [0.2, 0.25) is 11.8 Å². The van der Waals surface area contributed by atoms with E-state index >= 15 is 0 Å². The molecular weight excluding hydrogens is 278 g/mol. The molecule has 0 fully saturated rings. The van der Waals surface area contributed by atoms with E-state index in [0.717, 1.165) is 31.5 Å². The Morgan fingerprint density at radius 3 is 2.59 bits per heavy atom. The first kappa shape index (κ1) is 18.2. The van der Waals surface area contributed by atoms with Crippen molar-refractivity contribution in [1.82, 2.24) is 10.2 Å². The van der Waals surface area contributed by atoms with Crippen molar-refractivity contribution in [2.45, 2.75) is 39.2 Å². The third kappa shape index (κ3) is 8.42. The van der Waals surface area contributed by atoms with E-state index in [-0.39, 0.29) is 11.8 Å². The summed E-state index contributed by atoms with van der Waals surface area (Å²) in [5.74, 6) is 0.0388. The number of nitrogens with one attached hydrogen (secondary N) is 2. The van der Waals surface area contributed by atoms with Crippen LogP contribution in [0.1, 0.15) is 38.2 Å². The van der Waals surface area contributed by atoms with Gasteiger partial charge in [0.05, 0.1) is 0 Å². The van der Waals surface area contributed by atoms with Gasteiger partial charge >= 0.3 is 0 Å². The summed E-state index contributed by atoms with van der Waals surface area (Å²) in [6, 6.07) is 7.93. The van der Waals surface area contributed by atoms with Crippen LogP contribution in [0.4, 0.5) is 5.69 Å². The van der Waals surface area contributed by atoms with Gasteiger partial charge in [-0.2, -0.15) is 0 Å².